The normalized spacial score (nSPS) is 10.5. The lowest BCUT2D eigenvalue weighted by atomic mass is 10.1. The molecule has 294 valence electrons. The molecule has 5 N–H and O–H groups in total. The molecule has 0 fully saturated rings. The summed E-state index contributed by atoms with van der Waals surface area (Å²) in [5.74, 6) is -1.18. The summed E-state index contributed by atoms with van der Waals surface area (Å²) in [5, 5.41) is 27.6. The van der Waals surface area contributed by atoms with Gasteiger partial charge in [-0.1, -0.05) is 58.9 Å². The number of hydrogen-bond donors (Lipinski definition) is 5. The van der Waals surface area contributed by atoms with Crippen LogP contribution in [-0.2, 0) is 21.1 Å². The predicted octanol–water partition coefficient (Wildman–Crippen LogP) is 10.5. The number of thioether (sulfide) groups is 2. The molecule has 0 atom stereocenters. The maximum absolute atomic E-state index is 11.6. The molecule has 55 heavy (non-hydrogen) atoms. The van der Waals surface area contributed by atoms with Crippen LogP contribution in [0, 0.1) is 0 Å². The second-order valence-corrected chi connectivity index (χ2v) is 14.8. The van der Waals surface area contributed by atoms with Crippen LogP contribution in [-0.4, -0.2) is 53.6 Å². The van der Waals surface area contributed by atoms with E-state index in [1.807, 2.05) is 30.3 Å². The quantitative estimate of drug-likeness (QED) is 0.0548. The number of rotatable bonds is 20. The molecule has 2 amide bonds. The Hall–Kier alpha value is -4.94. The first-order valence-electron chi connectivity index (χ1n) is 18.8. The lowest BCUT2D eigenvalue weighted by Crippen LogP contribution is -2.24. The highest BCUT2D eigenvalue weighted by Crippen LogP contribution is 2.30. The Balaban J connectivity index is 0.000000297. The zero-order chi connectivity index (χ0) is 40.2. The van der Waals surface area contributed by atoms with E-state index in [-0.39, 0.29) is 22.9 Å². The van der Waals surface area contributed by atoms with Gasteiger partial charge in [-0.15, -0.1) is 23.5 Å². The molecule has 0 spiro atoms. The fourth-order valence-corrected chi connectivity index (χ4v) is 7.18. The maximum Gasteiger partial charge on any atom is 0.337 e. The van der Waals surface area contributed by atoms with Crippen LogP contribution in [0.3, 0.4) is 0 Å². The number of nitrogens with one attached hydrogen (secondary N) is 3. The molecule has 0 aliphatic heterocycles. The molecule has 0 aliphatic rings. The number of benzene rings is 4. The van der Waals surface area contributed by atoms with Crippen molar-refractivity contribution in [2.45, 2.75) is 88.0 Å². The molecule has 12 heteroatoms. The molecule has 0 unspecified atom stereocenters. The molecule has 0 saturated carbocycles. The van der Waals surface area contributed by atoms with Crippen LogP contribution in [0.15, 0.2) is 94.7 Å². The van der Waals surface area contributed by atoms with Crippen LogP contribution in [0.25, 0.3) is 0 Å². The minimum atomic E-state index is -1.05. The minimum absolute atomic E-state index is 0.114. The molecule has 0 heterocycles. The van der Waals surface area contributed by atoms with E-state index >= 15 is 0 Å². The number of carboxylic acids is 2. The third-order valence-electron chi connectivity index (χ3n) is 8.21. The first-order valence-corrected chi connectivity index (χ1v) is 20.7. The standard InChI is InChI=1S/C23H30N2O3S.C20H24N2O3S/c1-4-12-25(13-5-2)18-8-7-9-19(15-18)29-16-17-10-11-21(24-22(26)6-3)20(14-17)23(27)28;1-3-10-21-15-6-5-7-16(12-15)26-13-14-8-9-18(22-19(23)4-2)17(11-14)20(24)25/h7-11,14-15H,4-6,12-13,16H2,1-3H3,(H,24,26)(H,27,28);5-9,11-12,21H,3-4,10,13H2,1-2H3,(H,22,23)(H,24,25). The molecular weight excluding hydrogens is 733 g/mol. The van der Waals surface area contributed by atoms with Crippen molar-refractivity contribution in [2.24, 2.45) is 0 Å². The largest absolute Gasteiger partial charge is 0.478 e. The van der Waals surface area contributed by atoms with Gasteiger partial charge in [0, 0.05) is 65.1 Å². The Morgan fingerprint density at radius 2 is 1.09 bits per heavy atom. The molecule has 10 nitrogen and oxygen atoms in total. The van der Waals surface area contributed by atoms with E-state index in [0.29, 0.717) is 35.7 Å². The number of carbonyl (C=O) groups is 4. The zero-order valence-electron chi connectivity index (χ0n) is 32.4. The molecular formula is C43H54N4O6S2. The number of nitrogens with zero attached hydrogens (tertiary/aromatic N) is 1. The summed E-state index contributed by atoms with van der Waals surface area (Å²) in [6.07, 6.45) is 3.89. The van der Waals surface area contributed by atoms with Gasteiger partial charge in [0.05, 0.1) is 22.5 Å². The lowest BCUT2D eigenvalue weighted by Gasteiger charge is -2.24. The van der Waals surface area contributed by atoms with Crippen LogP contribution in [0.2, 0.25) is 0 Å². The molecule has 0 aromatic heterocycles. The number of amides is 2. The van der Waals surface area contributed by atoms with E-state index in [4.69, 9.17) is 0 Å². The highest BCUT2D eigenvalue weighted by atomic mass is 32.2. The summed E-state index contributed by atoms with van der Waals surface area (Å²) < 4.78 is 0. The summed E-state index contributed by atoms with van der Waals surface area (Å²) in [7, 11) is 0. The molecule has 0 saturated heterocycles. The van der Waals surface area contributed by atoms with Crippen molar-refractivity contribution < 1.29 is 29.4 Å². The van der Waals surface area contributed by atoms with Crippen LogP contribution < -0.4 is 20.9 Å². The zero-order valence-corrected chi connectivity index (χ0v) is 34.1. The summed E-state index contributed by atoms with van der Waals surface area (Å²) >= 11 is 3.32. The third kappa shape index (κ3) is 15.0. The van der Waals surface area contributed by atoms with Crippen molar-refractivity contribution in [1.29, 1.82) is 0 Å². The Morgan fingerprint density at radius 3 is 1.55 bits per heavy atom. The van der Waals surface area contributed by atoms with Gasteiger partial charge >= 0.3 is 11.9 Å². The number of hydrogen-bond acceptors (Lipinski definition) is 8. The average Bonchev–Trinajstić information content (AvgIpc) is 3.19. The first kappa shape index (κ1) is 44.5. The summed E-state index contributed by atoms with van der Waals surface area (Å²) in [6.45, 7) is 13.0. The lowest BCUT2D eigenvalue weighted by molar-refractivity contribution is -0.116. The summed E-state index contributed by atoms with van der Waals surface area (Å²) in [4.78, 5) is 50.9. The molecule has 0 radical (unpaired) electrons. The Labute approximate surface area is 333 Å². The SMILES string of the molecule is CCCN(CCC)c1cccc(SCc2ccc(NC(=O)CC)c(C(=O)O)c2)c1.CCCNc1cccc(SCc2ccc(NC(=O)CC)c(C(=O)O)c2)c1. The first-order chi connectivity index (χ1) is 26.5. The monoisotopic (exact) mass is 786 g/mol. The van der Waals surface area contributed by atoms with Gasteiger partial charge in [0.15, 0.2) is 0 Å². The van der Waals surface area contributed by atoms with E-state index in [0.717, 1.165) is 65.5 Å². The van der Waals surface area contributed by atoms with Gasteiger partial charge in [0.1, 0.15) is 0 Å². The second-order valence-electron chi connectivity index (χ2n) is 12.7. The maximum atomic E-state index is 11.6. The van der Waals surface area contributed by atoms with Crippen molar-refractivity contribution in [1.82, 2.24) is 0 Å². The Kier molecular flexibility index (Phi) is 19.2. The van der Waals surface area contributed by atoms with Crippen molar-refractivity contribution in [3.8, 4) is 0 Å². The van der Waals surface area contributed by atoms with Gasteiger partial charge in [-0.2, -0.15) is 0 Å². The van der Waals surface area contributed by atoms with Gasteiger partial charge in [-0.05, 0) is 91.1 Å². The molecule has 4 aromatic carbocycles. The van der Waals surface area contributed by atoms with Crippen LogP contribution in [0.4, 0.5) is 22.7 Å². The van der Waals surface area contributed by atoms with Gasteiger partial charge < -0.3 is 31.1 Å². The molecule has 4 aromatic rings. The van der Waals surface area contributed by atoms with Crippen molar-refractivity contribution in [3.63, 3.8) is 0 Å². The number of anilines is 4. The fraction of sp³-hybridized carbons (Fsp3) is 0.349. The highest BCUT2D eigenvalue weighted by molar-refractivity contribution is 7.98. The van der Waals surface area contributed by atoms with Crippen molar-refractivity contribution in [3.05, 3.63) is 107 Å². The summed E-state index contributed by atoms with van der Waals surface area (Å²) in [6, 6.07) is 27.0. The van der Waals surface area contributed by atoms with Crippen LogP contribution >= 0.6 is 23.5 Å². The van der Waals surface area contributed by atoms with Crippen molar-refractivity contribution in [2.75, 3.05) is 40.5 Å². The second kappa shape index (κ2) is 23.8. The van der Waals surface area contributed by atoms with Gasteiger partial charge in [-0.25, -0.2) is 9.59 Å². The van der Waals surface area contributed by atoms with Gasteiger partial charge in [0.25, 0.3) is 0 Å². The highest BCUT2D eigenvalue weighted by Gasteiger charge is 2.15. The summed E-state index contributed by atoms with van der Waals surface area (Å²) in [5.41, 5.74) is 5.03. The smallest absolute Gasteiger partial charge is 0.337 e. The Morgan fingerprint density at radius 1 is 0.600 bits per heavy atom. The number of carboxylic acid groups (broad SMARTS) is 2. The Bertz CT molecular complexity index is 1880. The third-order valence-corrected chi connectivity index (χ3v) is 10.3. The molecule has 4 rings (SSSR count). The fourth-order valence-electron chi connectivity index (χ4n) is 5.39. The minimum Gasteiger partial charge on any atom is -0.478 e. The van der Waals surface area contributed by atoms with E-state index in [9.17, 15) is 29.4 Å². The predicted molar refractivity (Wildman–Crippen MR) is 228 cm³/mol. The van der Waals surface area contributed by atoms with Gasteiger partial charge in [-0.3, -0.25) is 9.59 Å². The molecule has 0 bridgehead atoms. The van der Waals surface area contributed by atoms with Crippen LogP contribution in [0.5, 0.6) is 0 Å². The average molecular weight is 787 g/mol. The van der Waals surface area contributed by atoms with E-state index in [1.165, 1.54) is 5.69 Å². The van der Waals surface area contributed by atoms with Gasteiger partial charge in [0.2, 0.25) is 11.8 Å². The van der Waals surface area contributed by atoms with Crippen LogP contribution in [0.1, 0.15) is 98.6 Å². The molecule has 0 aliphatic carbocycles. The van der Waals surface area contributed by atoms with E-state index < -0.39 is 11.9 Å². The van der Waals surface area contributed by atoms with E-state index in [2.05, 4.69) is 72.0 Å². The van der Waals surface area contributed by atoms with E-state index in [1.54, 1.807) is 61.6 Å². The number of aromatic carboxylic acids is 2. The van der Waals surface area contributed by atoms with Crippen molar-refractivity contribution >= 4 is 70.0 Å². The number of carbonyl (C=O) groups excluding carboxylic acids is 2. The topological polar surface area (TPSA) is 148 Å².